The summed E-state index contributed by atoms with van der Waals surface area (Å²) < 4.78 is 20.1. The van der Waals surface area contributed by atoms with Gasteiger partial charge in [-0.1, -0.05) is 82.9 Å². The summed E-state index contributed by atoms with van der Waals surface area (Å²) >= 11 is 5.21. The molecule has 376 valence electrons. The van der Waals surface area contributed by atoms with Gasteiger partial charge in [-0.05, 0) is 146 Å². The Balaban J connectivity index is 0.788. The van der Waals surface area contributed by atoms with Crippen molar-refractivity contribution in [2.45, 2.75) is 153 Å². The summed E-state index contributed by atoms with van der Waals surface area (Å²) in [5.74, 6) is -0.491. The lowest BCUT2D eigenvalue weighted by molar-refractivity contribution is -0.145. The molecule has 4 atom stereocenters. The molecular formula is C55H66BrFN8O5S. The number of amides is 3. The third kappa shape index (κ3) is 10.1. The molecule has 3 aromatic carbocycles. The monoisotopic (exact) mass is 1050 g/mol. The maximum atomic E-state index is 14.8. The van der Waals surface area contributed by atoms with Crippen molar-refractivity contribution in [2.24, 2.45) is 5.41 Å². The lowest BCUT2D eigenvalue weighted by Crippen LogP contribution is -2.59. The fourth-order valence-corrected chi connectivity index (χ4v) is 12.9. The third-order valence-electron chi connectivity index (χ3n) is 15.8. The molecule has 2 saturated carbocycles. The fraction of sp³-hybridized carbons (Fsp3) is 0.527. The minimum atomic E-state index is -1.96. The molecule has 10 rings (SSSR count). The van der Waals surface area contributed by atoms with E-state index in [-0.39, 0.29) is 43.3 Å². The van der Waals surface area contributed by atoms with Crippen LogP contribution in [-0.2, 0) is 14.4 Å². The highest BCUT2D eigenvalue weighted by Gasteiger charge is 2.53. The number of aromatic nitrogens is 4. The number of β-amino-alcohol motifs (C(OH)–C–C–N with tert-alkyl or cyclic N) is 1. The summed E-state index contributed by atoms with van der Waals surface area (Å²) in [7, 11) is 0. The van der Waals surface area contributed by atoms with Crippen molar-refractivity contribution in [3.63, 3.8) is 0 Å². The summed E-state index contributed by atoms with van der Waals surface area (Å²) in [5.41, 5.74) is 6.34. The van der Waals surface area contributed by atoms with Crippen LogP contribution in [0.2, 0.25) is 0 Å². The minimum absolute atomic E-state index is 0.0523. The Kier molecular flexibility index (Phi) is 14.0. The number of nitrogens with one attached hydrogen (secondary N) is 2. The topological polar surface area (TPSA) is 154 Å². The standard InChI is InChI=1S/C55H66BrFN8O5S/c1-33-47(71-32-58-33)36-18-16-35(17-19-36)41(59-49(67)45-30-39(66)31-63(45)51(69)48(54(2,3)4)60-52(70)55(57)24-25-55)14-6-5-9-26-62-27-22-34(23-28-62)37-20-21-42-44(29-37)64(38-11-7-8-12-38)53-61-50(68)46-40(56)13-10-15-43(46)65(42)53/h10,13,15-21,29,32,34,38-39,41,45,48,66H,5-9,11-12,14,22-28,30-31H2,1-4H3,(H,59,67)(H,60,70). The molecule has 3 amide bonds. The Bertz CT molecular complexity index is 3020. The second kappa shape index (κ2) is 20.1. The van der Waals surface area contributed by atoms with E-state index in [2.05, 4.69) is 87.9 Å². The number of aliphatic hydroxyl groups excluding tert-OH is 1. The first-order valence-corrected chi connectivity index (χ1v) is 27.4. The summed E-state index contributed by atoms with van der Waals surface area (Å²) in [6, 6.07) is 19.0. The highest BCUT2D eigenvalue weighted by atomic mass is 79.9. The zero-order chi connectivity index (χ0) is 49.8. The van der Waals surface area contributed by atoms with Gasteiger partial charge >= 0.3 is 0 Å². The van der Waals surface area contributed by atoms with Gasteiger partial charge in [-0.2, -0.15) is 4.98 Å². The number of aryl methyl sites for hydroxylation is 1. The third-order valence-corrected chi connectivity index (χ3v) is 17.4. The van der Waals surface area contributed by atoms with Crippen molar-refractivity contribution in [2.75, 3.05) is 26.2 Å². The maximum absolute atomic E-state index is 14.8. The van der Waals surface area contributed by atoms with Crippen molar-refractivity contribution in [3.05, 3.63) is 97.8 Å². The summed E-state index contributed by atoms with van der Waals surface area (Å²) in [5, 5.41) is 17.4. The van der Waals surface area contributed by atoms with E-state index < -0.39 is 41.1 Å². The lowest BCUT2D eigenvalue weighted by atomic mass is 9.85. The van der Waals surface area contributed by atoms with Crippen LogP contribution in [-0.4, -0.2) is 102 Å². The van der Waals surface area contributed by atoms with Crippen LogP contribution in [0.1, 0.15) is 139 Å². The molecule has 3 N–H and O–H groups in total. The zero-order valence-electron chi connectivity index (χ0n) is 41.3. The number of unbranched alkanes of at least 4 members (excludes halogenated alkanes) is 2. The Labute approximate surface area is 426 Å². The van der Waals surface area contributed by atoms with Crippen LogP contribution in [0.3, 0.4) is 0 Å². The number of hydrogen-bond acceptors (Lipinski definition) is 9. The molecule has 0 radical (unpaired) electrons. The molecule has 2 saturated heterocycles. The number of rotatable bonds is 15. The number of hydrogen-bond donors (Lipinski definition) is 3. The van der Waals surface area contributed by atoms with Crippen LogP contribution in [0.25, 0.3) is 38.2 Å². The molecule has 3 aromatic heterocycles. The molecule has 6 aromatic rings. The Morgan fingerprint density at radius 3 is 2.38 bits per heavy atom. The second-order valence-corrected chi connectivity index (χ2v) is 23.5. The Morgan fingerprint density at radius 1 is 0.944 bits per heavy atom. The number of benzene rings is 3. The van der Waals surface area contributed by atoms with Crippen LogP contribution < -0.4 is 16.2 Å². The molecule has 16 heteroatoms. The molecule has 5 heterocycles. The van der Waals surface area contributed by atoms with Crippen LogP contribution in [0.4, 0.5) is 4.39 Å². The average molecular weight is 1050 g/mol. The van der Waals surface area contributed by atoms with Gasteiger partial charge in [0.25, 0.3) is 11.5 Å². The van der Waals surface area contributed by atoms with Crippen molar-refractivity contribution >= 4 is 72.7 Å². The maximum Gasteiger partial charge on any atom is 0.283 e. The van der Waals surface area contributed by atoms with E-state index in [1.54, 1.807) is 32.1 Å². The number of halogens is 2. The zero-order valence-corrected chi connectivity index (χ0v) is 43.7. The van der Waals surface area contributed by atoms with Gasteiger partial charge in [-0.15, -0.1) is 11.3 Å². The van der Waals surface area contributed by atoms with E-state index in [0.717, 1.165) is 113 Å². The predicted molar refractivity (Wildman–Crippen MR) is 280 cm³/mol. The molecule has 4 unspecified atom stereocenters. The van der Waals surface area contributed by atoms with Crippen molar-refractivity contribution in [3.8, 4) is 10.4 Å². The number of fused-ring (bicyclic) bond motifs is 5. The Hall–Kier alpha value is -5.03. The quantitative estimate of drug-likeness (QED) is 0.0860. The Morgan fingerprint density at radius 2 is 1.69 bits per heavy atom. The molecule has 71 heavy (non-hydrogen) atoms. The number of nitrogens with zero attached hydrogens (tertiary/aromatic N) is 6. The number of aliphatic hydroxyl groups is 1. The largest absolute Gasteiger partial charge is 0.391 e. The number of piperidine rings is 1. The fourth-order valence-electron chi connectivity index (χ4n) is 11.5. The van der Waals surface area contributed by atoms with E-state index in [1.807, 2.05) is 30.6 Å². The number of imidazole rings is 1. The van der Waals surface area contributed by atoms with Gasteiger partial charge in [-0.25, -0.2) is 9.37 Å². The average Bonchev–Trinajstić information content (AvgIpc) is 3.80. The minimum Gasteiger partial charge on any atom is -0.391 e. The number of thiazole rings is 1. The van der Waals surface area contributed by atoms with Crippen LogP contribution in [0.5, 0.6) is 0 Å². The molecular weight excluding hydrogens is 984 g/mol. The lowest BCUT2D eigenvalue weighted by Gasteiger charge is -2.36. The van der Waals surface area contributed by atoms with E-state index >= 15 is 0 Å². The number of carbonyl (C=O) groups excluding carboxylic acids is 3. The van der Waals surface area contributed by atoms with E-state index in [0.29, 0.717) is 23.8 Å². The van der Waals surface area contributed by atoms with Crippen LogP contribution in [0.15, 0.2) is 75.4 Å². The van der Waals surface area contributed by atoms with Gasteiger partial charge in [0.1, 0.15) is 12.1 Å². The molecule has 2 aliphatic carbocycles. The van der Waals surface area contributed by atoms with Gasteiger partial charge in [0.15, 0.2) is 5.67 Å². The van der Waals surface area contributed by atoms with Gasteiger partial charge in [0, 0.05) is 23.5 Å². The van der Waals surface area contributed by atoms with Crippen LogP contribution >= 0.6 is 27.3 Å². The van der Waals surface area contributed by atoms with Gasteiger partial charge in [-0.3, -0.25) is 23.6 Å². The van der Waals surface area contributed by atoms with Crippen molar-refractivity contribution < 1.29 is 23.9 Å². The molecule has 0 spiro atoms. The first-order valence-electron chi connectivity index (χ1n) is 25.7. The van der Waals surface area contributed by atoms with Crippen molar-refractivity contribution in [1.29, 1.82) is 0 Å². The van der Waals surface area contributed by atoms with Gasteiger partial charge < -0.3 is 30.1 Å². The SMILES string of the molecule is Cc1ncsc1-c1ccc(C(CCCCCN2CCC(c3ccc4c(c3)n(C3CCCC3)c3nc(=O)c5c(Br)cccc5n43)CC2)NC(=O)C2CC(O)CN2C(=O)C(NC(=O)C2(F)CC2)C(C)(C)C)cc1. The summed E-state index contributed by atoms with van der Waals surface area (Å²) in [6.07, 6.45) is 9.63. The van der Waals surface area contributed by atoms with Crippen LogP contribution in [0, 0.1) is 12.3 Å². The first-order chi connectivity index (χ1) is 34.1. The highest BCUT2D eigenvalue weighted by molar-refractivity contribution is 9.10. The molecule has 0 bridgehead atoms. The predicted octanol–water partition coefficient (Wildman–Crippen LogP) is 9.70. The second-order valence-electron chi connectivity index (χ2n) is 21.8. The van der Waals surface area contributed by atoms with Gasteiger partial charge in [0.05, 0.1) is 50.2 Å². The molecule has 13 nitrogen and oxygen atoms in total. The summed E-state index contributed by atoms with van der Waals surface area (Å²) in [6.45, 7) is 10.4. The van der Waals surface area contributed by atoms with E-state index in [1.165, 1.54) is 23.3 Å². The van der Waals surface area contributed by atoms with Gasteiger partial charge in [0.2, 0.25) is 17.6 Å². The summed E-state index contributed by atoms with van der Waals surface area (Å²) in [4.78, 5) is 69.0. The highest BCUT2D eigenvalue weighted by Crippen LogP contribution is 2.41. The van der Waals surface area contributed by atoms with Crippen molar-refractivity contribution in [1.82, 2.24) is 39.4 Å². The molecule has 2 aliphatic heterocycles. The smallest absolute Gasteiger partial charge is 0.283 e. The van der Waals surface area contributed by atoms with E-state index in [4.69, 9.17) is 4.98 Å². The molecule has 4 fully saturated rings. The number of alkyl halides is 1. The normalized spacial score (nSPS) is 20.8. The number of carbonyl (C=O) groups is 3. The van der Waals surface area contributed by atoms with E-state index in [9.17, 15) is 28.7 Å². The first kappa shape index (κ1) is 49.5. The molecule has 4 aliphatic rings. The number of likely N-dealkylation sites (tertiary alicyclic amines) is 2.